The number of thioether (sulfide) groups is 1. The van der Waals surface area contributed by atoms with Crippen molar-refractivity contribution < 1.29 is 9.90 Å². The Morgan fingerprint density at radius 1 is 1.50 bits per heavy atom. The second kappa shape index (κ2) is 4.24. The van der Waals surface area contributed by atoms with Crippen LogP contribution in [-0.2, 0) is 0 Å². The van der Waals surface area contributed by atoms with Gasteiger partial charge in [0.25, 0.3) is 0 Å². The molecule has 0 aliphatic rings. The third-order valence-electron chi connectivity index (χ3n) is 2.17. The predicted molar refractivity (Wildman–Crippen MR) is 59.7 cm³/mol. The first-order valence-corrected chi connectivity index (χ1v) is 5.66. The van der Waals surface area contributed by atoms with Gasteiger partial charge in [-0.25, -0.2) is 4.79 Å². The standard InChI is InChI=1S/C10H11ClO2S/c1-5-4-7(11)9(14-3)8(6(5)2)10(12)13/h4H,1-3H3,(H,12,13). The Balaban J connectivity index is 3.56. The van der Waals surface area contributed by atoms with E-state index in [2.05, 4.69) is 0 Å². The van der Waals surface area contributed by atoms with Gasteiger partial charge in [-0.15, -0.1) is 11.8 Å². The maximum absolute atomic E-state index is 11.0. The highest BCUT2D eigenvalue weighted by Gasteiger charge is 2.17. The Labute approximate surface area is 92.3 Å². The summed E-state index contributed by atoms with van der Waals surface area (Å²) in [7, 11) is 0. The molecule has 1 N–H and O–H groups in total. The zero-order valence-corrected chi connectivity index (χ0v) is 9.79. The van der Waals surface area contributed by atoms with E-state index in [1.54, 1.807) is 13.0 Å². The number of carboxylic acids is 1. The Bertz CT molecular complexity index is 388. The molecule has 1 aromatic rings. The summed E-state index contributed by atoms with van der Waals surface area (Å²) in [6.45, 7) is 3.66. The van der Waals surface area contributed by atoms with E-state index in [1.807, 2.05) is 13.2 Å². The van der Waals surface area contributed by atoms with Gasteiger partial charge in [-0.2, -0.15) is 0 Å². The first kappa shape index (κ1) is 11.4. The van der Waals surface area contributed by atoms with E-state index in [0.29, 0.717) is 15.5 Å². The number of benzene rings is 1. The minimum Gasteiger partial charge on any atom is -0.478 e. The van der Waals surface area contributed by atoms with Crippen LogP contribution in [0.25, 0.3) is 0 Å². The number of aryl methyl sites for hydroxylation is 1. The topological polar surface area (TPSA) is 37.3 Å². The molecule has 0 aromatic heterocycles. The van der Waals surface area contributed by atoms with Gasteiger partial charge in [0, 0.05) is 4.90 Å². The van der Waals surface area contributed by atoms with Gasteiger partial charge >= 0.3 is 5.97 Å². The normalized spacial score (nSPS) is 10.3. The van der Waals surface area contributed by atoms with Crippen molar-refractivity contribution in [2.24, 2.45) is 0 Å². The molecule has 0 spiro atoms. The van der Waals surface area contributed by atoms with Crippen LogP contribution in [-0.4, -0.2) is 17.3 Å². The lowest BCUT2D eigenvalue weighted by Crippen LogP contribution is -2.04. The smallest absolute Gasteiger partial charge is 0.337 e. The van der Waals surface area contributed by atoms with Gasteiger partial charge in [-0.05, 0) is 37.3 Å². The average Bonchev–Trinajstić information content (AvgIpc) is 2.10. The van der Waals surface area contributed by atoms with E-state index in [9.17, 15) is 4.79 Å². The molecule has 2 nitrogen and oxygen atoms in total. The molecule has 0 atom stereocenters. The fourth-order valence-electron chi connectivity index (χ4n) is 1.31. The van der Waals surface area contributed by atoms with Crippen molar-refractivity contribution in [2.75, 3.05) is 6.26 Å². The number of carbonyl (C=O) groups is 1. The molecule has 0 unspecified atom stereocenters. The van der Waals surface area contributed by atoms with Gasteiger partial charge in [0.15, 0.2) is 0 Å². The summed E-state index contributed by atoms with van der Waals surface area (Å²) in [6.07, 6.45) is 1.82. The molecule has 0 saturated carbocycles. The van der Waals surface area contributed by atoms with Crippen LogP contribution in [0.1, 0.15) is 21.5 Å². The van der Waals surface area contributed by atoms with Gasteiger partial charge in [0.1, 0.15) is 0 Å². The van der Waals surface area contributed by atoms with Crippen molar-refractivity contribution >= 4 is 29.3 Å². The van der Waals surface area contributed by atoms with Crippen molar-refractivity contribution in [1.29, 1.82) is 0 Å². The summed E-state index contributed by atoms with van der Waals surface area (Å²) in [5.41, 5.74) is 2.01. The van der Waals surface area contributed by atoms with E-state index in [-0.39, 0.29) is 0 Å². The van der Waals surface area contributed by atoms with E-state index < -0.39 is 5.97 Å². The van der Waals surface area contributed by atoms with Gasteiger partial charge in [0.05, 0.1) is 10.6 Å². The third kappa shape index (κ3) is 1.88. The van der Waals surface area contributed by atoms with Gasteiger partial charge < -0.3 is 5.11 Å². The van der Waals surface area contributed by atoms with Crippen molar-refractivity contribution in [1.82, 2.24) is 0 Å². The lowest BCUT2D eigenvalue weighted by Gasteiger charge is -2.11. The Morgan fingerprint density at radius 2 is 2.07 bits per heavy atom. The monoisotopic (exact) mass is 230 g/mol. The quantitative estimate of drug-likeness (QED) is 0.792. The van der Waals surface area contributed by atoms with Crippen molar-refractivity contribution in [3.8, 4) is 0 Å². The average molecular weight is 231 g/mol. The van der Waals surface area contributed by atoms with Crippen molar-refractivity contribution in [2.45, 2.75) is 18.7 Å². The molecular formula is C10H11ClO2S. The van der Waals surface area contributed by atoms with E-state index >= 15 is 0 Å². The molecule has 0 aliphatic carbocycles. The van der Waals surface area contributed by atoms with Gasteiger partial charge in [-0.3, -0.25) is 0 Å². The summed E-state index contributed by atoms with van der Waals surface area (Å²) >= 11 is 7.33. The molecule has 0 bridgehead atoms. The molecule has 4 heteroatoms. The van der Waals surface area contributed by atoms with E-state index in [1.165, 1.54) is 11.8 Å². The molecule has 0 fully saturated rings. The largest absolute Gasteiger partial charge is 0.478 e. The number of rotatable bonds is 2. The first-order valence-electron chi connectivity index (χ1n) is 4.06. The fourth-order valence-corrected chi connectivity index (χ4v) is 2.50. The van der Waals surface area contributed by atoms with Crippen LogP contribution in [0.2, 0.25) is 5.02 Å². The number of carboxylic acid groups (broad SMARTS) is 1. The zero-order chi connectivity index (χ0) is 10.9. The van der Waals surface area contributed by atoms with Crippen molar-refractivity contribution in [3.05, 3.63) is 27.8 Å². The summed E-state index contributed by atoms with van der Waals surface area (Å²) in [5, 5.41) is 9.57. The minimum absolute atomic E-state index is 0.322. The zero-order valence-electron chi connectivity index (χ0n) is 8.22. The summed E-state index contributed by atoms with van der Waals surface area (Å²) < 4.78 is 0. The maximum atomic E-state index is 11.0. The molecule has 1 rings (SSSR count). The summed E-state index contributed by atoms with van der Waals surface area (Å²) in [6, 6.07) is 1.80. The summed E-state index contributed by atoms with van der Waals surface area (Å²) in [5.74, 6) is -0.919. The van der Waals surface area contributed by atoms with E-state index in [4.69, 9.17) is 16.7 Å². The van der Waals surface area contributed by atoms with Crippen LogP contribution in [0.4, 0.5) is 0 Å². The van der Waals surface area contributed by atoms with Crippen molar-refractivity contribution in [3.63, 3.8) is 0 Å². The molecule has 1 aromatic carbocycles. The van der Waals surface area contributed by atoms with Crippen LogP contribution in [0.15, 0.2) is 11.0 Å². The molecule has 0 saturated heterocycles. The SMILES string of the molecule is CSc1c(Cl)cc(C)c(C)c1C(=O)O. The second-order valence-corrected chi connectivity index (χ2v) is 4.24. The third-order valence-corrected chi connectivity index (χ3v) is 3.41. The maximum Gasteiger partial charge on any atom is 0.337 e. The molecule has 0 amide bonds. The minimum atomic E-state index is -0.919. The lowest BCUT2D eigenvalue weighted by atomic mass is 10.0. The lowest BCUT2D eigenvalue weighted by molar-refractivity contribution is 0.0692. The fraction of sp³-hybridized carbons (Fsp3) is 0.300. The van der Waals surface area contributed by atoms with Crippen LogP contribution in [0, 0.1) is 13.8 Å². The van der Waals surface area contributed by atoms with Crippen LogP contribution < -0.4 is 0 Å². The number of halogens is 1. The highest BCUT2D eigenvalue weighted by Crippen LogP contribution is 2.33. The Kier molecular flexibility index (Phi) is 3.45. The van der Waals surface area contributed by atoms with Gasteiger partial charge in [-0.1, -0.05) is 11.6 Å². The van der Waals surface area contributed by atoms with Gasteiger partial charge in [0.2, 0.25) is 0 Å². The highest BCUT2D eigenvalue weighted by atomic mass is 35.5. The number of hydrogen-bond acceptors (Lipinski definition) is 2. The number of hydrogen-bond donors (Lipinski definition) is 1. The molecule has 0 radical (unpaired) electrons. The number of aromatic carboxylic acids is 1. The second-order valence-electron chi connectivity index (χ2n) is 3.01. The van der Waals surface area contributed by atoms with Crippen LogP contribution in [0.3, 0.4) is 0 Å². The van der Waals surface area contributed by atoms with E-state index in [0.717, 1.165) is 11.1 Å². The summed E-state index contributed by atoms with van der Waals surface area (Å²) in [4.78, 5) is 11.7. The Hall–Kier alpha value is -0.670. The molecule has 76 valence electrons. The van der Waals surface area contributed by atoms with Crippen LogP contribution >= 0.6 is 23.4 Å². The molecular weight excluding hydrogens is 220 g/mol. The van der Waals surface area contributed by atoms with Crippen LogP contribution in [0.5, 0.6) is 0 Å². The molecule has 0 aliphatic heterocycles. The highest BCUT2D eigenvalue weighted by molar-refractivity contribution is 7.98. The molecule has 0 heterocycles. The molecule has 14 heavy (non-hydrogen) atoms. The predicted octanol–water partition coefficient (Wildman–Crippen LogP) is 3.38. The Morgan fingerprint density at radius 3 is 2.50 bits per heavy atom. The first-order chi connectivity index (χ1) is 6.49.